The SMILES string of the molecule is CCc1c(C(=O)O)nnn1-c1cccc(Br)c1C. The second kappa shape index (κ2) is 4.89. The molecule has 94 valence electrons. The van der Waals surface area contributed by atoms with Gasteiger partial charge in [-0.2, -0.15) is 0 Å². The first kappa shape index (κ1) is 12.8. The van der Waals surface area contributed by atoms with Crippen LogP contribution in [0.3, 0.4) is 0 Å². The molecule has 0 spiro atoms. The molecule has 1 aromatic heterocycles. The van der Waals surface area contributed by atoms with Crippen molar-refractivity contribution in [2.45, 2.75) is 20.3 Å². The van der Waals surface area contributed by atoms with Crippen molar-refractivity contribution < 1.29 is 9.90 Å². The number of rotatable bonds is 3. The third-order valence-electron chi connectivity index (χ3n) is 2.77. The molecule has 0 aliphatic carbocycles. The van der Waals surface area contributed by atoms with Crippen LogP contribution < -0.4 is 0 Å². The molecule has 1 N–H and O–H groups in total. The van der Waals surface area contributed by atoms with Gasteiger partial charge in [-0.3, -0.25) is 0 Å². The molecule has 2 aromatic rings. The fraction of sp³-hybridized carbons (Fsp3) is 0.250. The second-order valence-electron chi connectivity index (χ2n) is 3.84. The van der Waals surface area contributed by atoms with Crippen LogP contribution in [0.5, 0.6) is 0 Å². The summed E-state index contributed by atoms with van der Waals surface area (Å²) in [5.74, 6) is -1.05. The summed E-state index contributed by atoms with van der Waals surface area (Å²) in [6, 6.07) is 5.70. The molecule has 0 radical (unpaired) electrons. The Labute approximate surface area is 113 Å². The van der Waals surface area contributed by atoms with Crippen molar-refractivity contribution in [3.05, 3.63) is 39.6 Å². The predicted octanol–water partition coefficient (Wildman–Crippen LogP) is 2.60. The van der Waals surface area contributed by atoms with Crippen LogP contribution in [0, 0.1) is 6.92 Å². The Kier molecular flexibility index (Phi) is 3.47. The van der Waals surface area contributed by atoms with Gasteiger partial charge in [-0.25, -0.2) is 9.48 Å². The standard InChI is InChI=1S/C12H12BrN3O2/c1-3-9-11(12(17)18)14-15-16(9)10-6-4-5-8(13)7(10)2/h4-6H,3H2,1-2H3,(H,17,18). The number of halogens is 1. The van der Waals surface area contributed by atoms with Crippen LogP contribution in [0.1, 0.15) is 28.7 Å². The number of carbonyl (C=O) groups is 1. The quantitative estimate of drug-likeness (QED) is 0.946. The Morgan fingerprint density at radius 1 is 1.50 bits per heavy atom. The van der Waals surface area contributed by atoms with E-state index in [1.807, 2.05) is 32.0 Å². The Balaban J connectivity index is 2.65. The number of carboxylic acid groups (broad SMARTS) is 1. The lowest BCUT2D eigenvalue weighted by molar-refractivity contribution is 0.0689. The first-order chi connectivity index (χ1) is 8.56. The highest BCUT2D eigenvalue weighted by atomic mass is 79.9. The largest absolute Gasteiger partial charge is 0.476 e. The number of benzene rings is 1. The van der Waals surface area contributed by atoms with E-state index in [9.17, 15) is 4.79 Å². The summed E-state index contributed by atoms with van der Waals surface area (Å²) in [5.41, 5.74) is 2.44. The van der Waals surface area contributed by atoms with Crippen LogP contribution >= 0.6 is 15.9 Å². The van der Waals surface area contributed by atoms with Gasteiger partial charge in [-0.1, -0.05) is 34.1 Å². The molecule has 2 rings (SSSR count). The number of aromatic carboxylic acids is 1. The molecule has 6 heteroatoms. The average Bonchev–Trinajstić information content (AvgIpc) is 2.76. The molecule has 18 heavy (non-hydrogen) atoms. The molecular weight excluding hydrogens is 298 g/mol. The highest BCUT2D eigenvalue weighted by Gasteiger charge is 2.19. The maximum atomic E-state index is 11.1. The summed E-state index contributed by atoms with van der Waals surface area (Å²) in [7, 11) is 0. The summed E-state index contributed by atoms with van der Waals surface area (Å²) < 4.78 is 2.54. The van der Waals surface area contributed by atoms with Crippen LogP contribution in [0.25, 0.3) is 5.69 Å². The molecule has 0 atom stereocenters. The zero-order chi connectivity index (χ0) is 13.3. The van der Waals surface area contributed by atoms with E-state index in [1.54, 1.807) is 4.68 Å². The summed E-state index contributed by atoms with van der Waals surface area (Å²) >= 11 is 3.45. The third kappa shape index (κ3) is 2.03. The average molecular weight is 310 g/mol. The molecule has 0 fully saturated rings. The van der Waals surface area contributed by atoms with Crippen LogP contribution in [-0.2, 0) is 6.42 Å². The maximum Gasteiger partial charge on any atom is 0.358 e. The molecule has 0 saturated carbocycles. The van der Waals surface area contributed by atoms with E-state index in [-0.39, 0.29) is 5.69 Å². The van der Waals surface area contributed by atoms with Gasteiger partial charge >= 0.3 is 5.97 Å². The lowest BCUT2D eigenvalue weighted by atomic mass is 10.2. The molecule has 5 nitrogen and oxygen atoms in total. The molecule has 0 bridgehead atoms. The maximum absolute atomic E-state index is 11.1. The monoisotopic (exact) mass is 309 g/mol. The van der Waals surface area contributed by atoms with Crippen LogP contribution in [0.15, 0.2) is 22.7 Å². The second-order valence-corrected chi connectivity index (χ2v) is 4.69. The summed E-state index contributed by atoms with van der Waals surface area (Å²) in [6.07, 6.45) is 0.556. The van der Waals surface area contributed by atoms with E-state index in [0.29, 0.717) is 12.1 Å². The van der Waals surface area contributed by atoms with Gasteiger partial charge in [0.05, 0.1) is 11.4 Å². The highest BCUT2D eigenvalue weighted by Crippen LogP contribution is 2.24. The topological polar surface area (TPSA) is 68.0 Å². The van der Waals surface area contributed by atoms with Crippen LogP contribution in [-0.4, -0.2) is 26.1 Å². The van der Waals surface area contributed by atoms with Gasteiger partial charge in [-0.15, -0.1) is 5.10 Å². The third-order valence-corrected chi connectivity index (χ3v) is 3.63. The molecule has 0 unspecified atom stereocenters. The fourth-order valence-electron chi connectivity index (χ4n) is 1.80. The molecule has 0 amide bonds. The molecule has 0 saturated heterocycles. The Bertz CT molecular complexity index is 607. The van der Waals surface area contributed by atoms with Crippen molar-refractivity contribution in [3.8, 4) is 5.69 Å². The minimum absolute atomic E-state index is 0.0110. The minimum atomic E-state index is -1.05. The van der Waals surface area contributed by atoms with E-state index in [0.717, 1.165) is 15.7 Å². The zero-order valence-corrected chi connectivity index (χ0v) is 11.6. The number of hydrogen-bond acceptors (Lipinski definition) is 3. The predicted molar refractivity (Wildman–Crippen MR) is 70.1 cm³/mol. The van der Waals surface area contributed by atoms with Gasteiger partial charge in [0.2, 0.25) is 0 Å². The summed E-state index contributed by atoms with van der Waals surface area (Å²) in [4.78, 5) is 11.1. The molecular formula is C12H12BrN3O2. The van der Waals surface area contributed by atoms with Gasteiger partial charge in [0, 0.05) is 4.47 Å². The molecule has 0 aliphatic rings. The van der Waals surface area contributed by atoms with Crippen molar-refractivity contribution >= 4 is 21.9 Å². The molecule has 0 aliphatic heterocycles. The van der Waals surface area contributed by atoms with Crippen molar-refractivity contribution in [2.75, 3.05) is 0 Å². The normalized spacial score (nSPS) is 10.6. The smallest absolute Gasteiger partial charge is 0.358 e. The van der Waals surface area contributed by atoms with Gasteiger partial charge < -0.3 is 5.11 Å². The number of nitrogens with zero attached hydrogens (tertiary/aromatic N) is 3. The molecule has 1 heterocycles. The van der Waals surface area contributed by atoms with Gasteiger partial charge in [-0.05, 0) is 31.0 Å². The number of carboxylic acids is 1. The van der Waals surface area contributed by atoms with E-state index < -0.39 is 5.97 Å². The Morgan fingerprint density at radius 3 is 2.83 bits per heavy atom. The fourth-order valence-corrected chi connectivity index (χ4v) is 2.16. The van der Waals surface area contributed by atoms with Gasteiger partial charge in [0.25, 0.3) is 0 Å². The number of hydrogen-bond donors (Lipinski definition) is 1. The van der Waals surface area contributed by atoms with Crippen molar-refractivity contribution in [1.29, 1.82) is 0 Å². The summed E-state index contributed by atoms with van der Waals surface area (Å²) in [5, 5.41) is 16.7. The van der Waals surface area contributed by atoms with E-state index in [4.69, 9.17) is 5.11 Å². The first-order valence-electron chi connectivity index (χ1n) is 5.49. The first-order valence-corrected chi connectivity index (χ1v) is 6.29. The molecule has 1 aromatic carbocycles. The van der Waals surface area contributed by atoms with Crippen LogP contribution in [0.4, 0.5) is 0 Å². The lowest BCUT2D eigenvalue weighted by Gasteiger charge is -2.09. The van der Waals surface area contributed by atoms with Crippen molar-refractivity contribution in [2.24, 2.45) is 0 Å². The van der Waals surface area contributed by atoms with E-state index in [1.165, 1.54) is 0 Å². The van der Waals surface area contributed by atoms with Crippen molar-refractivity contribution in [1.82, 2.24) is 15.0 Å². The Morgan fingerprint density at radius 2 is 2.22 bits per heavy atom. The highest BCUT2D eigenvalue weighted by molar-refractivity contribution is 9.10. The van der Waals surface area contributed by atoms with E-state index >= 15 is 0 Å². The Hall–Kier alpha value is -1.69. The summed E-state index contributed by atoms with van der Waals surface area (Å²) in [6.45, 7) is 3.83. The zero-order valence-electron chi connectivity index (χ0n) is 10.0. The van der Waals surface area contributed by atoms with Gasteiger partial charge in [0.1, 0.15) is 0 Å². The van der Waals surface area contributed by atoms with Crippen LogP contribution in [0.2, 0.25) is 0 Å². The number of aromatic nitrogens is 3. The van der Waals surface area contributed by atoms with E-state index in [2.05, 4.69) is 26.2 Å². The van der Waals surface area contributed by atoms with Gasteiger partial charge in [0.15, 0.2) is 5.69 Å². The lowest BCUT2D eigenvalue weighted by Crippen LogP contribution is -2.07. The minimum Gasteiger partial charge on any atom is -0.476 e. The van der Waals surface area contributed by atoms with Crippen molar-refractivity contribution in [3.63, 3.8) is 0 Å².